The number of ether oxygens (including phenoxy) is 4. The standard InChI is InChI=1S/C74H113N3O7Si2/c1-69(2,3)85(15,16)83-76-71(7,8)50-62(51-72(76,9)10)81-46-25-21-19-23-44-79-60-39-33-57(34-40-60)65(48-55-30-37-59(38-31-55)75-67-29-27-28-64(67)66-49-56(54-78)32-43-68(66)75)58-35-41-61(42-36-58)80-45-24-20-22-26-47-82-63-52-73(11,12)77(74(13,14)53-63)84-86(17,18)70(4,5)6/h30-43,48-49,54,62-64,67H,19-29,44-47,50-53H2,1-18H3. The highest BCUT2D eigenvalue weighted by Crippen LogP contribution is 2.53. The molecule has 8 rings (SSSR count). The summed E-state index contributed by atoms with van der Waals surface area (Å²) in [7, 11) is -3.95. The Balaban J connectivity index is 0.828. The van der Waals surface area contributed by atoms with Gasteiger partial charge in [0.25, 0.3) is 0 Å². The molecule has 2 unspecified atom stereocenters. The van der Waals surface area contributed by atoms with Crippen molar-refractivity contribution in [3.8, 4) is 11.5 Å². The smallest absolute Gasteiger partial charge is 0.220 e. The van der Waals surface area contributed by atoms with Gasteiger partial charge in [0.15, 0.2) is 0 Å². The summed E-state index contributed by atoms with van der Waals surface area (Å²) < 4.78 is 39.8. The number of aldehydes is 1. The molecule has 1 aliphatic carbocycles. The van der Waals surface area contributed by atoms with E-state index in [-0.39, 0.29) is 44.4 Å². The predicted molar refractivity (Wildman–Crippen MR) is 363 cm³/mol. The van der Waals surface area contributed by atoms with Crippen LogP contribution in [0.1, 0.15) is 232 Å². The fourth-order valence-electron chi connectivity index (χ4n) is 13.8. The molecule has 4 aromatic rings. The van der Waals surface area contributed by atoms with Gasteiger partial charge in [0.05, 0.1) is 25.4 Å². The Hall–Kier alpha value is -4.12. The minimum absolute atomic E-state index is 0.106. The number of nitrogens with zero attached hydrogens (tertiary/aromatic N) is 3. The molecule has 12 heteroatoms. The molecule has 3 aliphatic heterocycles. The van der Waals surface area contributed by atoms with Crippen molar-refractivity contribution in [3.63, 3.8) is 0 Å². The third kappa shape index (κ3) is 16.6. The van der Waals surface area contributed by atoms with Crippen molar-refractivity contribution in [1.29, 1.82) is 0 Å². The summed E-state index contributed by atoms with van der Waals surface area (Å²) >= 11 is 0. The van der Waals surface area contributed by atoms with Crippen LogP contribution in [0.25, 0.3) is 11.6 Å². The molecule has 1 saturated carbocycles. The lowest BCUT2D eigenvalue weighted by atomic mass is 9.80. The Labute approximate surface area is 523 Å². The molecular weight excluding hydrogens is 1100 g/mol. The number of fused-ring (bicyclic) bond motifs is 3. The maximum Gasteiger partial charge on any atom is 0.220 e. The van der Waals surface area contributed by atoms with Crippen molar-refractivity contribution >= 4 is 45.9 Å². The number of piperidine rings is 2. The number of benzene rings is 4. The van der Waals surface area contributed by atoms with Crippen LogP contribution in [0.2, 0.25) is 36.3 Å². The number of anilines is 2. The van der Waals surface area contributed by atoms with E-state index in [2.05, 4.69) is 229 Å². The topological polar surface area (TPSA) is 82.2 Å². The van der Waals surface area contributed by atoms with Gasteiger partial charge in [-0.3, -0.25) is 4.79 Å². The number of unbranched alkanes of at least 4 members (excludes halogenated alkanes) is 6. The Morgan fingerprint density at radius 1 is 0.523 bits per heavy atom. The third-order valence-corrected chi connectivity index (χ3v) is 28.7. The molecule has 86 heavy (non-hydrogen) atoms. The summed E-state index contributed by atoms with van der Waals surface area (Å²) in [5.74, 6) is 2.24. The van der Waals surface area contributed by atoms with Gasteiger partial charge in [-0.15, -0.1) is 0 Å². The van der Waals surface area contributed by atoms with Crippen molar-refractivity contribution in [2.45, 2.75) is 276 Å². The number of hydroxylamine groups is 4. The van der Waals surface area contributed by atoms with Crippen molar-refractivity contribution in [2.75, 3.05) is 31.3 Å². The number of hydrogen-bond donors (Lipinski definition) is 0. The minimum Gasteiger partial charge on any atom is -0.494 e. The monoisotopic (exact) mass is 1210 g/mol. The first-order chi connectivity index (χ1) is 40.3. The lowest BCUT2D eigenvalue weighted by Gasteiger charge is -2.57. The van der Waals surface area contributed by atoms with Crippen LogP contribution < -0.4 is 14.4 Å². The molecule has 0 amide bonds. The Morgan fingerprint density at radius 3 is 1.34 bits per heavy atom. The zero-order chi connectivity index (χ0) is 62.5. The van der Waals surface area contributed by atoms with E-state index in [4.69, 9.17) is 28.0 Å². The van der Waals surface area contributed by atoms with E-state index >= 15 is 0 Å². The van der Waals surface area contributed by atoms with E-state index in [1.54, 1.807) is 0 Å². The first-order valence-electron chi connectivity index (χ1n) is 33.2. The van der Waals surface area contributed by atoms with Gasteiger partial charge in [-0.1, -0.05) is 97.2 Å². The van der Waals surface area contributed by atoms with Gasteiger partial charge in [-0.05, 0) is 257 Å². The van der Waals surface area contributed by atoms with Crippen LogP contribution in [0, 0.1) is 0 Å². The van der Waals surface area contributed by atoms with Crippen molar-refractivity contribution < 1.29 is 32.8 Å². The number of carbonyl (C=O) groups excluding carboxylic acids is 1. The summed E-state index contributed by atoms with van der Waals surface area (Å²) in [6.45, 7) is 44.8. The lowest BCUT2D eigenvalue weighted by molar-refractivity contribution is -0.248. The fraction of sp³-hybridized carbons (Fsp3) is 0.635. The molecule has 0 aromatic heterocycles. The minimum atomic E-state index is -1.97. The first-order valence-corrected chi connectivity index (χ1v) is 39.0. The van der Waals surface area contributed by atoms with Gasteiger partial charge in [-0.2, -0.15) is 10.1 Å². The SMILES string of the molecule is CC1(C)CC(OCCCCCCOc2ccc(C(=Cc3ccc(N4c5ccc(C=O)cc5C5CCCC54)cc3)c3ccc(OCCCCCCOC4CC(C)(C)N(O[Si](C)(C)C(C)(C)C)C(C)(C)C4)cc3)cc2)CC(C)(C)N1O[Si](C)(C)C(C)(C)C. The third-order valence-electron chi connectivity index (χ3n) is 20.2. The molecule has 0 radical (unpaired) electrons. The van der Waals surface area contributed by atoms with Crippen molar-refractivity contribution in [1.82, 2.24) is 10.1 Å². The second-order valence-corrected chi connectivity index (χ2v) is 40.9. The predicted octanol–water partition coefficient (Wildman–Crippen LogP) is 19.7. The van der Waals surface area contributed by atoms with Crippen LogP contribution in [0.3, 0.4) is 0 Å². The van der Waals surface area contributed by atoms with Crippen LogP contribution in [-0.4, -0.2) is 99.9 Å². The van der Waals surface area contributed by atoms with E-state index < -0.39 is 16.6 Å². The first kappa shape index (κ1) is 67.8. The molecular formula is C74H113N3O7Si2. The van der Waals surface area contributed by atoms with E-state index in [0.717, 1.165) is 142 Å². The number of rotatable bonds is 27. The van der Waals surface area contributed by atoms with Crippen LogP contribution in [-0.2, 0) is 18.5 Å². The fourth-order valence-corrected chi connectivity index (χ4v) is 16.2. The molecule has 0 N–H and O–H groups in total. The summed E-state index contributed by atoms with van der Waals surface area (Å²) in [5.41, 5.74) is 8.61. The highest BCUT2D eigenvalue weighted by atomic mass is 28.4. The molecule has 10 nitrogen and oxygen atoms in total. The second kappa shape index (κ2) is 27.5. The average molecular weight is 1210 g/mol. The van der Waals surface area contributed by atoms with Gasteiger partial charge in [0.2, 0.25) is 16.6 Å². The molecule has 474 valence electrons. The maximum atomic E-state index is 11.8. The molecule has 2 saturated heterocycles. The van der Waals surface area contributed by atoms with E-state index in [0.29, 0.717) is 25.2 Å². The van der Waals surface area contributed by atoms with Crippen LogP contribution in [0.5, 0.6) is 11.5 Å². The number of carbonyl (C=O) groups is 1. The van der Waals surface area contributed by atoms with Crippen LogP contribution in [0.4, 0.5) is 11.4 Å². The van der Waals surface area contributed by atoms with Gasteiger partial charge in [-0.25, -0.2) is 0 Å². The molecule has 3 heterocycles. The Morgan fingerprint density at radius 2 is 0.930 bits per heavy atom. The van der Waals surface area contributed by atoms with E-state index in [1.807, 2.05) is 6.07 Å². The summed E-state index contributed by atoms with van der Waals surface area (Å²) in [4.78, 5) is 14.3. The van der Waals surface area contributed by atoms with Crippen molar-refractivity contribution in [3.05, 3.63) is 119 Å². The van der Waals surface area contributed by atoms with Crippen LogP contribution >= 0.6 is 0 Å². The quantitative estimate of drug-likeness (QED) is 0.0249. The Kier molecular flexibility index (Phi) is 21.7. The highest BCUT2D eigenvalue weighted by molar-refractivity contribution is 6.74. The van der Waals surface area contributed by atoms with Crippen LogP contribution in [0.15, 0.2) is 91.0 Å². The molecule has 3 fully saturated rings. The van der Waals surface area contributed by atoms with Gasteiger partial charge in [0.1, 0.15) is 17.8 Å². The zero-order valence-corrected chi connectivity index (χ0v) is 58.8. The highest BCUT2D eigenvalue weighted by Gasteiger charge is 2.53. The van der Waals surface area contributed by atoms with Gasteiger partial charge >= 0.3 is 0 Å². The summed E-state index contributed by atoms with van der Waals surface area (Å²) in [5, 5.41) is 4.96. The molecule has 4 aliphatic rings. The number of hydrogen-bond acceptors (Lipinski definition) is 10. The summed E-state index contributed by atoms with van der Waals surface area (Å²) in [6.07, 6.45) is 19.7. The average Bonchev–Trinajstić information content (AvgIpc) is 1.37. The van der Waals surface area contributed by atoms with Crippen molar-refractivity contribution in [2.24, 2.45) is 0 Å². The zero-order valence-electron chi connectivity index (χ0n) is 56.8. The van der Waals surface area contributed by atoms with Gasteiger partial charge < -0.3 is 32.9 Å². The summed E-state index contributed by atoms with van der Waals surface area (Å²) in [6, 6.07) is 32.9. The molecule has 4 aromatic carbocycles. The Bertz CT molecular complexity index is 2700. The van der Waals surface area contributed by atoms with Gasteiger partial charge in [0, 0.05) is 64.3 Å². The second-order valence-electron chi connectivity index (χ2n) is 31.5. The van der Waals surface area contributed by atoms with E-state index in [1.165, 1.54) is 29.8 Å². The lowest BCUT2D eigenvalue weighted by Crippen LogP contribution is -2.65. The molecule has 2 atom stereocenters. The van der Waals surface area contributed by atoms with E-state index in [9.17, 15) is 4.79 Å². The largest absolute Gasteiger partial charge is 0.494 e. The normalized spacial score (nSPS) is 20.8. The molecule has 0 spiro atoms. The maximum absolute atomic E-state index is 11.8. The molecule has 0 bridgehead atoms.